The Hall–Kier alpha value is -3.22. The Kier molecular flexibility index (Phi) is 3.30. The number of nitrogens with one attached hydrogen (secondary N) is 1. The highest BCUT2D eigenvalue weighted by atomic mass is 16.6. The van der Waals surface area contributed by atoms with Gasteiger partial charge in [-0.05, 0) is 12.1 Å². The summed E-state index contributed by atoms with van der Waals surface area (Å²) in [7, 11) is 1.39. The van der Waals surface area contributed by atoms with Crippen LogP contribution in [-0.4, -0.2) is 23.7 Å². The number of ether oxygens (including phenoxy) is 1. The molecule has 0 spiro atoms. The molecule has 3 rings (SSSR count). The van der Waals surface area contributed by atoms with E-state index < -0.39 is 4.92 Å². The summed E-state index contributed by atoms with van der Waals surface area (Å²) in [6.07, 6.45) is 0. The van der Waals surface area contributed by atoms with Crippen LogP contribution >= 0.6 is 0 Å². The third-order valence-electron chi connectivity index (χ3n) is 3.25. The van der Waals surface area contributed by atoms with Crippen molar-refractivity contribution in [1.82, 2.24) is 0 Å². The lowest BCUT2D eigenvalue weighted by atomic mass is 10.1. The summed E-state index contributed by atoms with van der Waals surface area (Å²) >= 11 is 0. The summed E-state index contributed by atoms with van der Waals surface area (Å²) in [5.41, 5.74) is 1.88. The minimum Gasteiger partial charge on any atom is -0.494 e. The number of carbonyl (C=O) groups excluding carboxylic acids is 1. The van der Waals surface area contributed by atoms with Crippen LogP contribution in [0.25, 0.3) is 0 Å². The van der Waals surface area contributed by atoms with Crippen molar-refractivity contribution in [2.45, 2.75) is 0 Å². The lowest BCUT2D eigenvalue weighted by Gasteiger charge is -2.05. The molecular weight excluding hydrogens is 286 g/mol. The van der Waals surface area contributed by atoms with Crippen molar-refractivity contribution in [3.05, 3.63) is 58.1 Å². The van der Waals surface area contributed by atoms with Crippen LogP contribution in [0.5, 0.6) is 5.75 Å². The van der Waals surface area contributed by atoms with Gasteiger partial charge in [-0.2, -0.15) is 0 Å². The smallest absolute Gasteiger partial charge is 0.275 e. The largest absolute Gasteiger partial charge is 0.494 e. The van der Waals surface area contributed by atoms with Gasteiger partial charge in [0.1, 0.15) is 11.4 Å². The molecule has 2 aromatic rings. The Balaban J connectivity index is 2.09. The second-order valence-electron chi connectivity index (χ2n) is 4.57. The third-order valence-corrected chi connectivity index (χ3v) is 3.25. The number of nitro benzene ring substituents is 1. The Morgan fingerprint density at radius 2 is 2.00 bits per heavy atom. The second kappa shape index (κ2) is 5.28. The van der Waals surface area contributed by atoms with Gasteiger partial charge in [0, 0.05) is 11.6 Å². The number of aliphatic imine (C=N–C) groups is 1. The van der Waals surface area contributed by atoms with E-state index in [0.717, 1.165) is 0 Å². The zero-order chi connectivity index (χ0) is 15.7. The van der Waals surface area contributed by atoms with E-state index in [9.17, 15) is 14.9 Å². The van der Waals surface area contributed by atoms with Crippen molar-refractivity contribution in [2.24, 2.45) is 4.99 Å². The van der Waals surface area contributed by atoms with Crippen LogP contribution < -0.4 is 10.1 Å². The first-order valence-corrected chi connectivity index (χ1v) is 6.42. The number of fused-ring (bicyclic) bond motifs is 1. The van der Waals surface area contributed by atoms with Gasteiger partial charge in [-0.25, -0.2) is 4.99 Å². The average molecular weight is 297 g/mol. The molecule has 7 heteroatoms. The van der Waals surface area contributed by atoms with Crippen LogP contribution in [-0.2, 0) is 4.79 Å². The molecule has 0 aliphatic carbocycles. The molecule has 0 bridgehead atoms. The molecule has 22 heavy (non-hydrogen) atoms. The minimum atomic E-state index is -0.517. The van der Waals surface area contributed by atoms with E-state index in [1.165, 1.54) is 25.3 Å². The van der Waals surface area contributed by atoms with Gasteiger partial charge in [-0.1, -0.05) is 18.2 Å². The number of carbonyl (C=O) groups is 1. The highest BCUT2D eigenvalue weighted by Gasteiger charge is 2.26. The monoisotopic (exact) mass is 297 g/mol. The zero-order valence-corrected chi connectivity index (χ0v) is 11.6. The van der Waals surface area contributed by atoms with E-state index in [-0.39, 0.29) is 23.1 Å². The molecule has 2 aromatic carbocycles. The van der Waals surface area contributed by atoms with E-state index in [4.69, 9.17) is 4.74 Å². The molecule has 1 N–H and O–H groups in total. The molecule has 1 amide bonds. The Bertz CT molecular complexity index is 814. The quantitative estimate of drug-likeness (QED) is 0.696. The standard InChI is InChI=1S/C15H11N3O4/c1-22-13-8-9(18(20)21)6-7-12(13)16-14-10-4-2-3-5-11(10)17-15(14)19/h2-8H,1H3,(H,16,17,19). The number of amides is 1. The maximum absolute atomic E-state index is 12.0. The molecule has 0 radical (unpaired) electrons. The van der Waals surface area contributed by atoms with Crippen molar-refractivity contribution in [3.8, 4) is 5.75 Å². The Labute approximate surface area is 125 Å². The normalized spacial score (nSPS) is 14.6. The van der Waals surface area contributed by atoms with Crippen LogP contribution in [0.3, 0.4) is 0 Å². The summed E-state index contributed by atoms with van der Waals surface area (Å²) in [5.74, 6) is -0.0829. The summed E-state index contributed by atoms with van der Waals surface area (Å²) < 4.78 is 5.13. The maximum atomic E-state index is 12.0. The van der Waals surface area contributed by atoms with Crippen LogP contribution in [0.4, 0.5) is 17.1 Å². The fourth-order valence-electron chi connectivity index (χ4n) is 2.21. The predicted octanol–water partition coefficient (Wildman–Crippen LogP) is 2.68. The average Bonchev–Trinajstić information content (AvgIpc) is 2.83. The molecule has 0 saturated carbocycles. The number of hydrogen-bond acceptors (Lipinski definition) is 5. The summed E-state index contributed by atoms with van der Waals surface area (Å²) in [6, 6.07) is 11.2. The number of nitro groups is 1. The Morgan fingerprint density at radius 3 is 2.73 bits per heavy atom. The second-order valence-corrected chi connectivity index (χ2v) is 4.57. The van der Waals surface area contributed by atoms with Gasteiger partial charge in [0.25, 0.3) is 11.6 Å². The highest BCUT2D eigenvalue weighted by Crippen LogP contribution is 2.33. The SMILES string of the molecule is COc1cc([N+](=O)[O-])ccc1N=C1C(=O)Nc2ccccc21. The van der Waals surface area contributed by atoms with Crippen molar-refractivity contribution < 1.29 is 14.5 Å². The number of benzene rings is 2. The first-order valence-electron chi connectivity index (χ1n) is 6.42. The van der Waals surface area contributed by atoms with Crippen molar-refractivity contribution in [3.63, 3.8) is 0 Å². The number of anilines is 1. The lowest BCUT2D eigenvalue weighted by Crippen LogP contribution is -2.13. The van der Waals surface area contributed by atoms with E-state index in [2.05, 4.69) is 10.3 Å². The number of methoxy groups -OCH3 is 1. The maximum Gasteiger partial charge on any atom is 0.275 e. The first kappa shape index (κ1) is 13.7. The number of rotatable bonds is 3. The van der Waals surface area contributed by atoms with Gasteiger partial charge < -0.3 is 10.1 Å². The minimum absolute atomic E-state index is 0.0999. The van der Waals surface area contributed by atoms with E-state index in [1.807, 2.05) is 12.1 Å². The van der Waals surface area contributed by atoms with Crippen LogP contribution in [0, 0.1) is 10.1 Å². The molecular formula is C15H11N3O4. The summed E-state index contributed by atoms with van der Waals surface area (Å²) in [5, 5.41) is 13.5. The first-order chi connectivity index (χ1) is 10.6. The van der Waals surface area contributed by atoms with Gasteiger partial charge in [-0.3, -0.25) is 14.9 Å². The lowest BCUT2D eigenvalue weighted by molar-refractivity contribution is -0.384. The zero-order valence-electron chi connectivity index (χ0n) is 11.6. The Morgan fingerprint density at radius 1 is 1.23 bits per heavy atom. The molecule has 0 unspecified atom stereocenters. The summed E-state index contributed by atoms with van der Waals surface area (Å²) in [4.78, 5) is 26.6. The molecule has 0 aromatic heterocycles. The van der Waals surface area contributed by atoms with E-state index in [1.54, 1.807) is 12.1 Å². The topological polar surface area (TPSA) is 93.8 Å². The molecule has 0 saturated heterocycles. The third kappa shape index (κ3) is 2.28. The number of para-hydroxylation sites is 1. The van der Waals surface area contributed by atoms with Crippen molar-refractivity contribution in [2.75, 3.05) is 12.4 Å². The highest BCUT2D eigenvalue weighted by molar-refractivity contribution is 6.54. The van der Waals surface area contributed by atoms with Crippen molar-refractivity contribution >= 4 is 28.7 Å². The van der Waals surface area contributed by atoms with Gasteiger partial charge in [0.15, 0.2) is 5.75 Å². The molecule has 0 atom stereocenters. The van der Waals surface area contributed by atoms with Crippen molar-refractivity contribution in [1.29, 1.82) is 0 Å². The predicted molar refractivity (Wildman–Crippen MR) is 80.9 cm³/mol. The van der Waals surface area contributed by atoms with Gasteiger partial charge in [0.05, 0.1) is 23.8 Å². The molecule has 1 aliphatic heterocycles. The fraction of sp³-hybridized carbons (Fsp3) is 0.0667. The van der Waals surface area contributed by atoms with Gasteiger partial charge in [0.2, 0.25) is 0 Å². The number of nitrogens with zero attached hydrogens (tertiary/aromatic N) is 2. The molecule has 1 heterocycles. The van der Waals surface area contributed by atoms with Crippen LogP contribution in [0.1, 0.15) is 5.56 Å². The van der Waals surface area contributed by atoms with Crippen LogP contribution in [0.2, 0.25) is 0 Å². The molecule has 110 valence electrons. The van der Waals surface area contributed by atoms with Gasteiger partial charge >= 0.3 is 0 Å². The van der Waals surface area contributed by atoms with Gasteiger partial charge in [-0.15, -0.1) is 0 Å². The number of non-ortho nitro benzene ring substituents is 1. The molecule has 7 nitrogen and oxygen atoms in total. The van der Waals surface area contributed by atoms with Crippen LogP contribution in [0.15, 0.2) is 47.5 Å². The van der Waals surface area contributed by atoms with E-state index >= 15 is 0 Å². The molecule has 0 fully saturated rings. The molecule has 1 aliphatic rings. The number of hydrogen-bond donors (Lipinski definition) is 1. The summed E-state index contributed by atoms with van der Waals surface area (Å²) in [6.45, 7) is 0. The van der Waals surface area contributed by atoms with E-state index in [0.29, 0.717) is 16.9 Å². The fourth-order valence-corrected chi connectivity index (χ4v) is 2.21.